The molecule has 0 saturated carbocycles. The highest BCUT2D eigenvalue weighted by Crippen LogP contribution is 2.16. The van der Waals surface area contributed by atoms with Gasteiger partial charge in [0.25, 0.3) is 0 Å². The fraction of sp³-hybridized carbons (Fsp3) is 0.625. The van der Waals surface area contributed by atoms with E-state index in [1.165, 1.54) is 12.0 Å². The molecule has 3 nitrogen and oxygen atoms in total. The first-order chi connectivity index (χ1) is 9.75. The summed E-state index contributed by atoms with van der Waals surface area (Å²) in [5, 5.41) is 3.52. The average Bonchev–Trinajstić information content (AvgIpc) is 2.96. The van der Waals surface area contributed by atoms with Crippen LogP contribution in [0.3, 0.4) is 0 Å². The summed E-state index contributed by atoms with van der Waals surface area (Å²) in [6, 6.07) is 8.84. The zero-order valence-electron chi connectivity index (χ0n) is 12.1. The Hall–Kier alpha value is -0.420. The quantitative estimate of drug-likeness (QED) is 0.731. The van der Waals surface area contributed by atoms with Gasteiger partial charge in [0.15, 0.2) is 0 Å². The molecular weight excluding hydrogens is 318 g/mol. The molecule has 4 heteroatoms. The van der Waals surface area contributed by atoms with Crippen molar-refractivity contribution >= 4 is 15.9 Å². The van der Waals surface area contributed by atoms with Gasteiger partial charge in [-0.15, -0.1) is 0 Å². The van der Waals surface area contributed by atoms with Crippen molar-refractivity contribution in [3.8, 4) is 0 Å². The van der Waals surface area contributed by atoms with Gasteiger partial charge in [-0.25, -0.2) is 0 Å². The van der Waals surface area contributed by atoms with Crippen LogP contribution >= 0.6 is 15.9 Å². The van der Waals surface area contributed by atoms with Crippen molar-refractivity contribution < 1.29 is 9.47 Å². The Morgan fingerprint density at radius 2 is 2.20 bits per heavy atom. The van der Waals surface area contributed by atoms with Crippen molar-refractivity contribution in [2.75, 3.05) is 26.4 Å². The van der Waals surface area contributed by atoms with Crippen molar-refractivity contribution in [1.29, 1.82) is 0 Å². The molecule has 1 aliphatic rings. The molecule has 0 amide bonds. The van der Waals surface area contributed by atoms with Gasteiger partial charge in [-0.2, -0.15) is 0 Å². The molecule has 2 atom stereocenters. The van der Waals surface area contributed by atoms with Crippen LogP contribution in [-0.2, 0) is 9.47 Å². The molecule has 0 spiro atoms. The largest absolute Gasteiger partial charge is 0.379 e. The Morgan fingerprint density at radius 1 is 1.40 bits per heavy atom. The van der Waals surface area contributed by atoms with Crippen molar-refractivity contribution in [1.82, 2.24) is 5.32 Å². The summed E-state index contributed by atoms with van der Waals surface area (Å²) >= 11 is 3.46. The monoisotopic (exact) mass is 341 g/mol. The summed E-state index contributed by atoms with van der Waals surface area (Å²) in [6.45, 7) is 5.63. The molecule has 1 heterocycles. The Labute approximate surface area is 130 Å². The Morgan fingerprint density at radius 3 is 2.90 bits per heavy atom. The van der Waals surface area contributed by atoms with Gasteiger partial charge in [0, 0.05) is 23.7 Å². The molecule has 0 bridgehead atoms. The van der Waals surface area contributed by atoms with Crippen LogP contribution in [-0.4, -0.2) is 32.5 Å². The summed E-state index contributed by atoms with van der Waals surface area (Å²) in [7, 11) is 0. The van der Waals surface area contributed by atoms with Crippen LogP contribution in [0.5, 0.6) is 0 Å². The van der Waals surface area contributed by atoms with E-state index in [1.54, 1.807) is 0 Å². The van der Waals surface area contributed by atoms with E-state index >= 15 is 0 Å². The fourth-order valence-electron chi connectivity index (χ4n) is 2.35. The minimum atomic E-state index is 0.338. The van der Waals surface area contributed by atoms with E-state index in [4.69, 9.17) is 9.47 Å². The van der Waals surface area contributed by atoms with E-state index in [-0.39, 0.29) is 0 Å². The Bertz CT molecular complexity index is 377. The summed E-state index contributed by atoms with van der Waals surface area (Å²) in [5.74, 6) is 0. The Balaban J connectivity index is 1.52. The molecule has 112 valence electrons. The smallest absolute Gasteiger partial charge is 0.0809 e. The first kappa shape index (κ1) is 16.0. The molecule has 20 heavy (non-hydrogen) atoms. The number of ether oxygens (including phenoxy) is 2. The van der Waals surface area contributed by atoms with Crippen molar-refractivity contribution in [2.24, 2.45) is 0 Å². The fourth-order valence-corrected chi connectivity index (χ4v) is 2.62. The highest BCUT2D eigenvalue weighted by molar-refractivity contribution is 9.10. The molecule has 0 aliphatic carbocycles. The molecule has 1 aromatic rings. The average molecular weight is 342 g/mol. The van der Waals surface area contributed by atoms with Crippen LogP contribution in [0.15, 0.2) is 28.7 Å². The zero-order chi connectivity index (χ0) is 14.2. The van der Waals surface area contributed by atoms with Gasteiger partial charge in [-0.1, -0.05) is 28.1 Å². The van der Waals surface area contributed by atoms with Crippen molar-refractivity contribution in [3.05, 3.63) is 34.3 Å². The van der Waals surface area contributed by atoms with Crippen LogP contribution in [0.4, 0.5) is 0 Å². The Kier molecular flexibility index (Phi) is 7.00. The van der Waals surface area contributed by atoms with Gasteiger partial charge >= 0.3 is 0 Å². The molecular formula is C16H24BrNO2. The van der Waals surface area contributed by atoms with Crippen LogP contribution < -0.4 is 5.32 Å². The lowest BCUT2D eigenvalue weighted by Crippen LogP contribution is -2.22. The van der Waals surface area contributed by atoms with Gasteiger partial charge in [0.2, 0.25) is 0 Å². The SMILES string of the molecule is CC(NCCCOCC1CCCO1)c1ccc(Br)cc1. The maximum Gasteiger partial charge on any atom is 0.0809 e. The highest BCUT2D eigenvalue weighted by atomic mass is 79.9. The van der Waals surface area contributed by atoms with E-state index in [2.05, 4.69) is 52.4 Å². The van der Waals surface area contributed by atoms with Gasteiger partial charge in [-0.05, 0) is 50.4 Å². The van der Waals surface area contributed by atoms with Crippen molar-refractivity contribution in [3.63, 3.8) is 0 Å². The third-order valence-corrected chi connectivity index (χ3v) is 4.14. The number of halogens is 1. The maximum absolute atomic E-state index is 5.65. The molecule has 1 saturated heterocycles. The molecule has 0 aromatic heterocycles. The predicted octanol–water partition coefficient (Wildman–Crippen LogP) is 3.69. The van der Waals surface area contributed by atoms with E-state index in [0.717, 1.165) is 43.7 Å². The van der Waals surface area contributed by atoms with Gasteiger partial charge in [0.05, 0.1) is 12.7 Å². The zero-order valence-corrected chi connectivity index (χ0v) is 13.7. The number of hydrogen-bond donors (Lipinski definition) is 1. The molecule has 1 fully saturated rings. The third kappa shape index (κ3) is 5.52. The molecule has 1 aliphatic heterocycles. The lowest BCUT2D eigenvalue weighted by Gasteiger charge is -2.15. The number of benzene rings is 1. The molecule has 0 radical (unpaired) electrons. The second kappa shape index (κ2) is 8.78. The summed E-state index contributed by atoms with van der Waals surface area (Å²) < 4.78 is 12.3. The molecule has 1 N–H and O–H groups in total. The van der Waals surface area contributed by atoms with E-state index in [9.17, 15) is 0 Å². The predicted molar refractivity (Wildman–Crippen MR) is 85.0 cm³/mol. The molecule has 1 aromatic carbocycles. The topological polar surface area (TPSA) is 30.5 Å². The number of hydrogen-bond acceptors (Lipinski definition) is 3. The van der Waals surface area contributed by atoms with Gasteiger partial charge in [0.1, 0.15) is 0 Å². The van der Waals surface area contributed by atoms with Crippen LogP contribution in [0.25, 0.3) is 0 Å². The minimum Gasteiger partial charge on any atom is -0.379 e. The van der Waals surface area contributed by atoms with Crippen LogP contribution in [0.2, 0.25) is 0 Å². The molecule has 2 unspecified atom stereocenters. The first-order valence-corrected chi connectivity index (χ1v) is 8.23. The lowest BCUT2D eigenvalue weighted by atomic mass is 10.1. The van der Waals surface area contributed by atoms with Crippen molar-refractivity contribution in [2.45, 2.75) is 38.3 Å². The maximum atomic E-state index is 5.65. The first-order valence-electron chi connectivity index (χ1n) is 7.44. The van der Waals surface area contributed by atoms with E-state index in [0.29, 0.717) is 12.1 Å². The van der Waals surface area contributed by atoms with Gasteiger partial charge < -0.3 is 14.8 Å². The van der Waals surface area contributed by atoms with E-state index < -0.39 is 0 Å². The normalized spacial score (nSPS) is 20.2. The highest BCUT2D eigenvalue weighted by Gasteiger charge is 2.14. The number of nitrogens with one attached hydrogen (secondary N) is 1. The minimum absolute atomic E-state index is 0.338. The second-order valence-electron chi connectivity index (χ2n) is 5.29. The lowest BCUT2D eigenvalue weighted by molar-refractivity contribution is 0.0165. The van der Waals surface area contributed by atoms with Gasteiger partial charge in [-0.3, -0.25) is 0 Å². The summed E-state index contributed by atoms with van der Waals surface area (Å²) in [5.41, 5.74) is 1.31. The summed E-state index contributed by atoms with van der Waals surface area (Å²) in [4.78, 5) is 0. The van der Waals surface area contributed by atoms with E-state index in [1.807, 2.05) is 0 Å². The van der Waals surface area contributed by atoms with Crippen LogP contribution in [0.1, 0.15) is 37.8 Å². The summed E-state index contributed by atoms with van der Waals surface area (Å²) in [6.07, 6.45) is 3.71. The van der Waals surface area contributed by atoms with Crippen LogP contribution in [0, 0.1) is 0 Å². The standard InChI is InChI=1S/C16H24BrNO2/c1-13(14-5-7-15(17)8-6-14)18-9-3-10-19-12-16-4-2-11-20-16/h5-8,13,16,18H,2-4,9-12H2,1H3. The third-order valence-electron chi connectivity index (χ3n) is 3.61. The second-order valence-corrected chi connectivity index (χ2v) is 6.21. The molecule has 2 rings (SSSR count). The number of rotatable bonds is 8.